The molecule has 1 aromatic carbocycles. The van der Waals surface area contributed by atoms with Crippen LogP contribution >= 0.6 is 23.1 Å². The van der Waals surface area contributed by atoms with Gasteiger partial charge in [-0.25, -0.2) is 0 Å². The summed E-state index contributed by atoms with van der Waals surface area (Å²) in [5, 5.41) is 7.87. The number of benzene rings is 1. The standard InChI is InChI=1S/C14H14F3N3OS2/c1-2-3-7-22-13-20-19-12(23-13)9-6-4-5-8(11(18)21)10(9)14(15,16)17/h4-6H,2-3,7H2,1H3,(H2,18,21). The third kappa shape index (κ3) is 4.23. The molecule has 0 unspecified atom stereocenters. The molecule has 9 heteroatoms. The SMILES string of the molecule is CCCCSc1nnc(-c2cccc(C(N)=O)c2C(F)(F)F)s1. The van der Waals surface area contributed by atoms with E-state index in [1.807, 2.05) is 0 Å². The van der Waals surface area contributed by atoms with Gasteiger partial charge in [-0.1, -0.05) is 48.6 Å². The molecule has 4 nitrogen and oxygen atoms in total. The summed E-state index contributed by atoms with van der Waals surface area (Å²) in [4.78, 5) is 11.3. The van der Waals surface area contributed by atoms with E-state index < -0.39 is 23.2 Å². The largest absolute Gasteiger partial charge is 0.417 e. The minimum absolute atomic E-state index is 0.124. The average molecular weight is 361 g/mol. The number of carbonyl (C=O) groups excluding carboxylic acids is 1. The van der Waals surface area contributed by atoms with Crippen molar-refractivity contribution in [1.82, 2.24) is 10.2 Å². The first kappa shape index (κ1) is 17.7. The molecule has 0 bridgehead atoms. The molecule has 0 spiro atoms. The highest BCUT2D eigenvalue weighted by molar-refractivity contribution is 8.01. The summed E-state index contributed by atoms with van der Waals surface area (Å²) in [5.41, 5.74) is 3.27. The molecule has 1 aromatic heterocycles. The van der Waals surface area contributed by atoms with Gasteiger partial charge < -0.3 is 5.73 Å². The monoisotopic (exact) mass is 361 g/mol. The van der Waals surface area contributed by atoms with Crippen LogP contribution in [0.15, 0.2) is 22.5 Å². The molecule has 2 rings (SSSR count). The number of amides is 1. The smallest absolute Gasteiger partial charge is 0.366 e. The number of primary amides is 1. The number of unbranched alkanes of at least 4 members (excludes halogenated alkanes) is 1. The van der Waals surface area contributed by atoms with E-state index in [-0.39, 0.29) is 10.6 Å². The molecule has 0 fully saturated rings. The van der Waals surface area contributed by atoms with E-state index in [1.165, 1.54) is 23.9 Å². The van der Waals surface area contributed by atoms with E-state index >= 15 is 0 Å². The Bertz CT molecular complexity index is 701. The van der Waals surface area contributed by atoms with Gasteiger partial charge in [0.25, 0.3) is 0 Å². The second-order valence-electron chi connectivity index (χ2n) is 4.67. The van der Waals surface area contributed by atoms with Crippen LogP contribution in [-0.2, 0) is 6.18 Å². The molecular formula is C14H14F3N3OS2. The van der Waals surface area contributed by atoms with E-state index in [1.54, 1.807) is 0 Å². The van der Waals surface area contributed by atoms with E-state index in [0.717, 1.165) is 36.0 Å². The van der Waals surface area contributed by atoms with Crippen LogP contribution in [0.4, 0.5) is 13.2 Å². The Morgan fingerprint density at radius 1 is 1.35 bits per heavy atom. The molecule has 124 valence electrons. The number of alkyl halides is 3. The fourth-order valence-electron chi connectivity index (χ4n) is 1.92. The maximum Gasteiger partial charge on any atom is 0.417 e. The molecule has 2 N–H and O–H groups in total. The second-order valence-corrected chi connectivity index (χ2v) is 6.98. The minimum Gasteiger partial charge on any atom is -0.366 e. The normalized spacial score (nSPS) is 11.7. The number of thioether (sulfide) groups is 1. The number of aromatic nitrogens is 2. The van der Waals surface area contributed by atoms with Crippen LogP contribution < -0.4 is 5.73 Å². The summed E-state index contributed by atoms with van der Waals surface area (Å²) >= 11 is 2.53. The van der Waals surface area contributed by atoms with E-state index in [0.29, 0.717) is 4.34 Å². The van der Waals surface area contributed by atoms with Gasteiger partial charge in [-0.05, 0) is 12.5 Å². The molecule has 0 aliphatic heterocycles. The first-order valence-corrected chi connectivity index (χ1v) is 8.61. The van der Waals surface area contributed by atoms with Crippen LogP contribution in [0.1, 0.15) is 35.7 Å². The third-order valence-corrected chi connectivity index (χ3v) is 5.15. The number of hydrogen-bond acceptors (Lipinski definition) is 5. The summed E-state index contributed by atoms with van der Waals surface area (Å²) in [6, 6.07) is 3.69. The van der Waals surface area contributed by atoms with E-state index in [4.69, 9.17) is 5.73 Å². The lowest BCUT2D eigenvalue weighted by Gasteiger charge is -2.14. The summed E-state index contributed by atoms with van der Waals surface area (Å²) in [7, 11) is 0. The minimum atomic E-state index is -4.71. The van der Waals surface area contributed by atoms with Crippen molar-refractivity contribution in [3.8, 4) is 10.6 Å². The number of carbonyl (C=O) groups is 1. The summed E-state index contributed by atoms with van der Waals surface area (Å²) < 4.78 is 40.7. The number of rotatable bonds is 6. The quantitative estimate of drug-likeness (QED) is 0.618. The van der Waals surface area contributed by atoms with Gasteiger partial charge in [-0.2, -0.15) is 13.2 Å². The first-order valence-electron chi connectivity index (χ1n) is 6.81. The van der Waals surface area contributed by atoms with Gasteiger partial charge in [0.05, 0.1) is 11.1 Å². The Hall–Kier alpha value is -1.61. The predicted molar refractivity (Wildman–Crippen MR) is 84.5 cm³/mol. The van der Waals surface area contributed by atoms with Gasteiger partial charge in [0.2, 0.25) is 5.91 Å². The first-order chi connectivity index (χ1) is 10.8. The molecule has 0 saturated carbocycles. The molecule has 2 aromatic rings. The van der Waals surface area contributed by atoms with Crippen LogP contribution in [0.2, 0.25) is 0 Å². The van der Waals surface area contributed by atoms with Crippen LogP contribution in [0.25, 0.3) is 10.6 Å². The predicted octanol–water partition coefficient (Wildman–Crippen LogP) is 4.22. The molecule has 0 aliphatic carbocycles. The fourth-order valence-corrected chi connectivity index (χ4v) is 3.96. The van der Waals surface area contributed by atoms with Crippen molar-refractivity contribution in [3.63, 3.8) is 0 Å². The summed E-state index contributed by atoms with van der Waals surface area (Å²) in [5.74, 6) is -0.292. The number of halogens is 3. The van der Waals surface area contributed by atoms with Crippen molar-refractivity contribution < 1.29 is 18.0 Å². The molecule has 1 heterocycles. The van der Waals surface area contributed by atoms with Gasteiger partial charge in [0.15, 0.2) is 4.34 Å². The zero-order chi connectivity index (χ0) is 17.0. The highest BCUT2D eigenvalue weighted by Gasteiger charge is 2.38. The molecule has 0 radical (unpaired) electrons. The zero-order valence-electron chi connectivity index (χ0n) is 12.2. The van der Waals surface area contributed by atoms with Crippen LogP contribution in [-0.4, -0.2) is 21.9 Å². The van der Waals surface area contributed by atoms with Gasteiger partial charge in [-0.3, -0.25) is 4.79 Å². The lowest BCUT2D eigenvalue weighted by atomic mass is 10.0. The zero-order valence-corrected chi connectivity index (χ0v) is 13.8. The topological polar surface area (TPSA) is 68.9 Å². The van der Waals surface area contributed by atoms with Crippen molar-refractivity contribution >= 4 is 29.0 Å². The summed E-state index contributed by atoms with van der Waals surface area (Å²) in [6.07, 6.45) is -2.69. The lowest BCUT2D eigenvalue weighted by Crippen LogP contribution is -2.19. The van der Waals surface area contributed by atoms with Crippen LogP contribution in [0.3, 0.4) is 0 Å². The van der Waals surface area contributed by atoms with Gasteiger partial charge in [0, 0.05) is 11.3 Å². The van der Waals surface area contributed by atoms with Gasteiger partial charge >= 0.3 is 6.18 Å². The second kappa shape index (κ2) is 7.31. The van der Waals surface area contributed by atoms with Crippen molar-refractivity contribution in [2.24, 2.45) is 5.73 Å². The van der Waals surface area contributed by atoms with Crippen molar-refractivity contribution in [1.29, 1.82) is 0 Å². The Morgan fingerprint density at radius 2 is 2.09 bits per heavy atom. The van der Waals surface area contributed by atoms with E-state index in [2.05, 4.69) is 17.1 Å². The number of nitrogens with two attached hydrogens (primary N) is 1. The highest BCUT2D eigenvalue weighted by atomic mass is 32.2. The van der Waals surface area contributed by atoms with Crippen molar-refractivity contribution in [2.45, 2.75) is 30.3 Å². The van der Waals surface area contributed by atoms with Crippen molar-refractivity contribution in [2.75, 3.05) is 5.75 Å². The molecule has 23 heavy (non-hydrogen) atoms. The molecule has 0 saturated heterocycles. The maximum absolute atomic E-state index is 13.4. The fraction of sp³-hybridized carbons (Fsp3) is 0.357. The molecule has 0 atom stereocenters. The Morgan fingerprint density at radius 3 is 2.70 bits per heavy atom. The van der Waals surface area contributed by atoms with Crippen LogP contribution in [0, 0.1) is 0 Å². The number of nitrogens with zero attached hydrogens (tertiary/aromatic N) is 2. The number of hydrogen-bond donors (Lipinski definition) is 1. The van der Waals surface area contributed by atoms with Gasteiger partial charge in [-0.15, -0.1) is 10.2 Å². The molecule has 1 amide bonds. The Balaban J connectivity index is 2.43. The third-order valence-electron chi connectivity index (χ3n) is 2.97. The van der Waals surface area contributed by atoms with Crippen molar-refractivity contribution in [3.05, 3.63) is 29.3 Å². The highest BCUT2D eigenvalue weighted by Crippen LogP contribution is 2.41. The van der Waals surface area contributed by atoms with Gasteiger partial charge in [0.1, 0.15) is 5.01 Å². The Labute approximate surface area is 139 Å². The average Bonchev–Trinajstić information content (AvgIpc) is 2.94. The lowest BCUT2D eigenvalue weighted by molar-refractivity contribution is -0.137. The maximum atomic E-state index is 13.4. The Kier molecular flexibility index (Phi) is 5.64. The van der Waals surface area contributed by atoms with E-state index in [9.17, 15) is 18.0 Å². The molecular weight excluding hydrogens is 347 g/mol. The van der Waals surface area contributed by atoms with Crippen LogP contribution in [0.5, 0.6) is 0 Å². The molecule has 0 aliphatic rings. The summed E-state index contributed by atoms with van der Waals surface area (Å²) in [6.45, 7) is 2.05.